The van der Waals surface area contributed by atoms with Gasteiger partial charge >= 0.3 is 0 Å². The van der Waals surface area contributed by atoms with Gasteiger partial charge in [0, 0.05) is 24.8 Å². The molecular weight excluding hydrogens is 244 g/mol. The van der Waals surface area contributed by atoms with Crippen LogP contribution in [0.1, 0.15) is 69.9 Å². The molecule has 0 radical (unpaired) electrons. The minimum Gasteiger partial charge on any atom is -0.371 e. The van der Waals surface area contributed by atoms with Crippen LogP contribution in [-0.2, 0) is 0 Å². The smallest absolute Gasteiger partial charge is 0.0414 e. The maximum absolute atomic E-state index is 6.29. The molecule has 1 unspecified atom stereocenters. The van der Waals surface area contributed by atoms with Gasteiger partial charge in [-0.3, -0.25) is 0 Å². The van der Waals surface area contributed by atoms with Crippen molar-refractivity contribution in [1.82, 2.24) is 0 Å². The summed E-state index contributed by atoms with van der Waals surface area (Å²) in [6.07, 6.45) is 10.5. The highest BCUT2D eigenvalue weighted by molar-refractivity contribution is 5.55. The number of para-hydroxylation sites is 1. The van der Waals surface area contributed by atoms with Crippen molar-refractivity contribution in [2.75, 3.05) is 18.0 Å². The van der Waals surface area contributed by atoms with Crippen LogP contribution in [-0.4, -0.2) is 13.1 Å². The second-order valence-corrected chi connectivity index (χ2v) is 6.06. The third kappa shape index (κ3) is 4.24. The topological polar surface area (TPSA) is 29.3 Å². The first-order valence-electron chi connectivity index (χ1n) is 8.42. The molecule has 0 amide bonds. The summed E-state index contributed by atoms with van der Waals surface area (Å²) in [7, 11) is 0. The van der Waals surface area contributed by atoms with Gasteiger partial charge < -0.3 is 10.6 Å². The molecule has 1 heterocycles. The molecule has 2 heteroatoms. The van der Waals surface area contributed by atoms with Gasteiger partial charge in [0.2, 0.25) is 0 Å². The Hall–Kier alpha value is -1.02. The zero-order chi connectivity index (χ0) is 14.2. The molecule has 0 aromatic heterocycles. The summed E-state index contributed by atoms with van der Waals surface area (Å²) >= 11 is 0. The number of nitrogens with two attached hydrogens (primary N) is 1. The lowest BCUT2D eigenvalue weighted by Gasteiger charge is -2.25. The number of rotatable bonds is 7. The lowest BCUT2D eigenvalue weighted by Crippen LogP contribution is -2.25. The fourth-order valence-electron chi connectivity index (χ4n) is 3.18. The van der Waals surface area contributed by atoms with Crippen LogP contribution in [0.3, 0.4) is 0 Å². The fourth-order valence-corrected chi connectivity index (χ4v) is 3.18. The molecule has 0 saturated heterocycles. The van der Waals surface area contributed by atoms with E-state index in [0.29, 0.717) is 0 Å². The second-order valence-electron chi connectivity index (χ2n) is 6.06. The molecule has 0 spiro atoms. The van der Waals surface area contributed by atoms with E-state index in [2.05, 4.69) is 36.1 Å². The lowest BCUT2D eigenvalue weighted by atomic mass is 10.0. The number of nitrogens with zero attached hydrogens (tertiary/aromatic N) is 1. The zero-order valence-electron chi connectivity index (χ0n) is 13.0. The highest BCUT2D eigenvalue weighted by atomic mass is 15.1. The van der Waals surface area contributed by atoms with E-state index in [0.717, 1.165) is 6.42 Å². The number of anilines is 1. The van der Waals surface area contributed by atoms with E-state index >= 15 is 0 Å². The van der Waals surface area contributed by atoms with Crippen LogP contribution >= 0.6 is 0 Å². The highest BCUT2D eigenvalue weighted by Crippen LogP contribution is 2.31. The molecule has 1 aromatic carbocycles. The number of benzene rings is 1. The Bertz CT molecular complexity index is 389. The van der Waals surface area contributed by atoms with Crippen molar-refractivity contribution in [2.45, 2.75) is 64.3 Å². The standard InChI is InChI=1S/C18H30N2/c1-2-3-4-5-6-9-14-20-15-10-12-17(19)16-11-7-8-13-18(16)20/h7-8,11,13,17H,2-6,9-10,12,14-15,19H2,1H3. The van der Waals surface area contributed by atoms with E-state index in [9.17, 15) is 0 Å². The summed E-state index contributed by atoms with van der Waals surface area (Å²) < 4.78 is 0. The second kappa shape index (κ2) is 8.31. The van der Waals surface area contributed by atoms with Gasteiger partial charge in [0.15, 0.2) is 0 Å². The number of hydrogen-bond donors (Lipinski definition) is 1. The Kier molecular flexibility index (Phi) is 6.38. The number of unbranched alkanes of at least 4 members (excludes halogenated alkanes) is 5. The molecule has 2 N–H and O–H groups in total. The number of fused-ring (bicyclic) bond motifs is 1. The van der Waals surface area contributed by atoms with Gasteiger partial charge in [-0.1, -0.05) is 57.2 Å². The van der Waals surface area contributed by atoms with Crippen molar-refractivity contribution in [3.63, 3.8) is 0 Å². The molecule has 0 saturated carbocycles. The van der Waals surface area contributed by atoms with Crippen molar-refractivity contribution < 1.29 is 0 Å². The molecule has 1 aliphatic rings. The molecule has 20 heavy (non-hydrogen) atoms. The summed E-state index contributed by atoms with van der Waals surface area (Å²) in [6, 6.07) is 8.94. The summed E-state index contributed by atoms with van der Waals surface area (Å²) in [5, 5.41) is 0. The van der Waals surface area contributed by atoms with E-state index in [-0.39, 0.29) is 6.04 Å². The summed E-state index contributed by atoms with van der Waals surface area (Å²) in [6.45, 7) is 4.63. The SMILES string of the molecule is CCCCCCCCN1CCCC(N)c2ccccc21. The zero-order valence-corrected chi connectivity index (χ0v) is 13.0. The first-order chi connectivity index (χ1) is 9.83. The van der Waals surface area contributed by atoms with Crippen molar-refractivity contribution in [1.29, 1.82) is 0 Å². The van der Waals surface area contributed by atoms with Crippen molar-refractivity contribution in [3.8, 4) is 0 Å². The molecule has 1 atom stereocenters. The van der Waals surface area contributed by atoms with Crippen LogP contribution in [0.15, 0.2) is 24.3 Å². The predicted octanol–water partition coefficient (Wildman–Crippen LogP) is 4.65. The first-order valence-corrected chi connectivity index (χ1v) is 8.42. The normalized spacial score (nSPS) is 18.7. The van der Waals surface area contributed by atoms with Gasteiger partial charge in [-0.15, -0.1) is 0 Å². The van der Waals surface area contributed by atoms with E-state index < -0.39 is 0 Å². The largest absolute Gasteiger partial charge is 0.371 e. The molecular formula is C18H30N2. The summed E-state index contributed by atoms with van der Waals surface area (Å²) in [5.74, 6) is 0. The van der Waals surface area contributed by atoms with Crippen LogP contribution in [0.25, 0.3) is 0 Å². The third-order valence-electron chi connectivity index (χ3n) is 4.40. The van der Waals surface area contributed by atoms with Gasteiger partial charge in [-0.25, -0.2) is 0 Å². The van der Waals surface area contributed by atoms with E-state index in [1.165, 1.54) is 69.3 Å². The molecule has 0 aliphatic carbocycles. The fraction of sp³-hybridized carbons (Fsp3) is 0.667. The summed E-state index contributed by atoms with van der Waals surface area (Å²) in [5.41, 5.74) is 9.02. The Morgan fingerprint density at radius 2 is 1.85 bits per heavy atom. The molecule has 112 valence electrons. The van der Waals surface area contributed by atoms with Gasteiger partial charge in [-0.2, -0.15) is 0 Å². The molecule has 0 bridgehead atoms. The quantitative estimate of drug-likeness (QED) is 0.733. The van der Waals surface area contributed by atoms with Crippen molar-refractivity contribution >= 4 is 5.69 Å². The van der Waals surface area contributed by atoms with Crippen LogP contribution in [0.5, 0.6) is 0 Å². The lowest BCUT2D eigenvalue weighted by molar-refractivity contribution is 0.588. The maximum Gasteiger partial charge on any atom is 0.0414 e. The molecule has 1 aliphatic heterocycles. The monoisotopic (exact) mass is 274 g/mol. The Labute approximate surface area is 124 Å². The van der Waals surface area contributed by atoms with Crippen LogP contribution < -0.4 is 10.6 Å². The minimum atomic E-state index is 0.223. The summed E-state index contributed by atoms with van der Waals surface area (Å²) in [4.78, 5) is 2.56. The van der Waals surface area contributed by atoms with Crippen LogP contribution in [0.2, 0.25) is 0 Å². The van der Waals surface area contributed by atoms with E-state index in [1.54, 1.807) is 0 Å². The van der Waals surface area contributed by atoms with E-state index in [1.807, 2.05) is 0 Å². The Morgan fingerprint density at radius 1 is 1.10 bits per heavy atom. The van der Waals surface area contributed by atoms with Gasteiger partial charge in [0.25, 0.3) is 0 Å². The minimum absolute atomic E-state index is 0.223. The molecule has 0 fully saturated rings. The van der Waals surface area contributed by atoms with Gasteiger partial charge in [-0.05, 0) is 30.9 Å². The molecule has 2 nitrogen and oxygen atoms in total. The third-order valence-corrected chi connectivity index (χ3v) is 4.40. The first kappa shape index (κ1) is 15.4. The van der Waals surface area contributed by atoms with Crippen LogP contribution in [0.4, 0.5) is 5.69 Å². The van der Waals surface area contributed by atoms with Crippen molar-refractivity contribution in [3.05, 3.63) is 29.8 Å². The van der Waals surface area contributed by atoms with Gasteiger partial charge in [0.05, 0.1) is 0 Å². The average molecular weight is 274 g/mol. The average Bonchev–Trinajstić information content (AvgIpc) is 2.63. The molecule has 1 aromatic rings. The van der Waals surface area contributed by atoms with Gasteiger partial charge in [0.1, 0.15) is 0 Å². The van der Waals surface area contributed by atoms with Crippen molar-refractivity contribution in [2.24, 2.45) is 5.73 Å². The maximum atomic E-state index is 6.29. The molecule has 2 rings (SSSR count). The Morgan fingerprint density at radius 3 is 2.70 bits per heavy atom. The number of hydrogen-bond acceptors (Lipinski definition) is 2. The predicted molar refractivity (Wildman–Crippen MR) is 88.2 cm³/mol. The van der Waals surface area contributed by atoms with E-state index in [4.69, 9.17) is 5.73 Å². The highest BCUT2D eigenvalue weighted by Gasteiger charge is 2.19. The van der Waals surface area contributed by atoms with Crippen LogP contribution in [0, 0.1) is 0 Å². The Balaban J connectivity index is 1.86.